The Morgan fingerprint density at radius 2 is 1.75 bits per heavy atom. The predicted octanol–water partition coefficient (Wildman–Crippen LogP) is 0.699. The fourth-order valence-electron chi connectivity index (χ4n) is 4.21. The Bertz CT molecular complexity index is 397. The molecule has 4 fully saturated rings. The minimum atomic E-state index is -0.147. The van der Waals surface area contributed by atoms with E-state index in [2.05, 4.69) is 4.99 Å². The third-order valence-corrected chi connectivity index (χ3v) is 4.73. The lowest BCUT2D eigenvalue weighted by molar-refractivity contribution is -0.242. The van der Waals surface area contributed by atoms with E-state index >= 15 is 0 Å². The lowest BCUT2D eigenvalue weighted by atomic mass is 9.90. The molecule has 0 amide bonds. The molecule has 3 saturated heterocycles. The molecule has 16 heavy (non-hydrogen) atoms. The van der Waals surface area contributed by atoms with E-state index in [-0.39, 0.29) is 25.1 Å². The van der Waals surface area contributed by atoms with Crippen LogP contribution in [0.15, 0.2) is 4.99 Å². The van der Waals surface area contributed by atoms with Crippen molar-refractivity contribution in [2.24, 2.45) is 28.7 Å². The van der Waals surface area contributed by atoms with Gasteiger partial charge in [0.2, 0.25) is 6.29 Å². The number of hydrogen-bond acceptors (Lipinski definition) is 5. The van der Waals surface area contributed by atoms with Crippen LogP contribution < -0.4 is 0 Å². The van der Waals surface area contributed by atoms with Crippen molar-refractivity contribution in [1.29, 1.82) is 0 Å². The zero-order chi connectivity index (χ0) is 10.4. The van der Waals surface area contributed by atoms with Gasteiger partial charge in [-0.25, -0.2) is 4.99 Å². The molecule has 0 spiro atoms. The molecule has 0 aromatic heterocycles. The standard InChI is InChI=1S/C11H13NO4/c1-3-12-8-4-2-5-7-6(4)10(14-8)16-11(7)15-9(5)13-3/h4-11H,2H2,1H3/b12-3-/t4?,5?,6?,7?,8-,9+,10?,11?/m1/s1. The molecule has 2 bridgehead atoms. The second kappa shape index (κ2) is 2.44. The largest absolute Gasteiger partial charge is 0.452 e. The highest BCUT2D eigenvalue weighted by atomic mass is 16.8. The van der Waals surface area contributed by atoms with Crippen molar-refractivity contribution in [3.63, 3.8) is 0 Å². The van der Waals surface area contributed by atoms with Crippen molar-refractivity contribution in [2.45, 2.75) is 38.4 Å². The summed E-state index contributed by atoms with van der Waals surface area (Å²) >= 11 is 0. The zero-order valence-corrected chi connectivity index (χ0v) is 8.91. The molecule has 5 heteroatoms. The van der Waals surface area contributed by atoms with E-state index in [0.29, 0.717) is 29.6 Å². The minimum Gasteiger partial charge on any atom is -0.452 e. The number of hydrogen-bond donors (Lipinski definition) is 0. The van der Waals surface area contributed by atoms with Gasteiger partial charge in [-0.1, -0.05) is 0 Å². The van der Waals surface area contributed by atoms with Crippen LogP contribution in [-0.4, -0.2) is 31.0 Å². The van der Waals surface area contributed by atoms with E-state index < -0.39 is 0 Å². The summed E-state index contributed by atoms with van der Waals surface area (Å²) < 4.78 is 23.2. The number of nitrogens with zero attached hydrogens (tertiary/aromatic N) is 1. The summed E-state index contributed by atoms with van der Waals surface area (Å²) in [5.41, 5.74) is 0. The van der Waals surface area contributed by atoms with Crippen molar-refractivity contribution in [3.05, 3.63) is 0 Å². The van der Waals surface area contributed by atoms with Gasteiger partial charge in [0.05, 0.1) is 0 Å². The van der Waals surface area contributed by atoms with Gasteiger partial charge < -0.3 is 18.9 Å². The maximum Gasteiger partial charge on any atom is 0.207 e. The number of aliphatic imine (C=N–C) groups is 1. The molecule has 5 aliphatic rings. The van der Waals surface area contributed by atoms with Crippen LogP contribution in [0.2, 0.25) is 0 Å². The van der Waals surface area contributed by atoms with Crippen LogP contribution in [0.3, 0.4) is 0 Å². The molecular weight excluding hydrogens is 210 g/mol. The highest BCUT2D eigenvalue weighted by Gasteiger charge is 2.69. The molecule has 5 nitrogen and oxygen atoms in total. The molecule has 8 atom stereocenters. The van der Waals surface area contributed by atoms with Crippen LogP contribution in [-0.2, 0) is 18.9 Å². The van der Waals surface area contributed by atoms with Crippen LogP contribution in [0.25, 0.3) is 0 Å². The molecule has 0 N–H and O–H groups in total. The molecule has 0 aromatic carbocycles. The third-order valence-electron chi connectivity index (χ3n) is 4.73. The summed E-state index contributed by atoms with van der Waals surface area (Å²) in [4.78, 5) is 4.48. The molecule has 5 rings (SSSR count). The maximum atomic E-state index is 5.84. The summed E-state index contributed by atoms with van der Waals surface area (Å²) in [6, 6.07) is 0. The molecule has 4 aliphatic heterocycles. The molecule has 0 radical (unpaired) electrons. The topological polar surface area (TPSA) is 49.3 Å². The fraction of sp³-hybridized carbons (Fsp3) is 0.909. The van der Waals surface area contributed by atoms with E-state index in [1.807, 2.05) is 6.92 Å². The summed E-state index contributed by atoms with van der Waals surface area (Å²) in [6.07, 6.45) is 0.707. The third kappa shape index (κ3) is 0.772. The highest BCUT2D eigenvalue weighted by Crippen LogP contribution is 2.62. The van der Waals surface area contributed by atoms with Crippen LogP contribution in [0, 0.1) is 23.7 Å². The van der Waals surface area contributed by atoms with Crippen LogP contribution >= 0.6 is 0 Å². The number of ether oxygens (including phenoxy) is 4. The summed E-state index contributed by atoms with van der Waals surface area (Å²) in [5, 5.41) is 0. The molecule has 1 saturated carbocycles. The highest BCUT2D eigenvalue weighted by molar-refractivity contribution is 5.73. The summed E-state index contributed by atoms with van der Waals surface area (Å²) in [7, 11) is 0. The second-order valence-corrected chi connectivity index (χ2v) is 5.39. The van der Waals surface area contributed by atoms with Gasteiger partial charge in [0.15, 0.2) is 24.7 Å². The first kappa shape index (κ1) is 8.44. The van der Waals surface area contributed by atoms with E-state index in [4.69, 9.17) is 18.9 Å². The normalized spacial score (nSPS) is 67.7. The van der Waals surface area contributed by atoms with Crippen molar-refractivity contribution in [2.75, 3.05) is 0 Å². The van der Waals surface area contributed by atoms with Crippen LogP contribution in [0.1, 0.15) is 13.3 Å². The first-order chi connectivity index (χ1) is 7.81. The first-order valence-corrected chi connectivity index (χ1v) is 5.99. The monoisotopic (exact) mass is 223 g/mol. The van der Waals surface area contributed by atoms with Gasteiger partial charge in [-0.3, -0.25) is 0 Å². The SMILES string of the molecule is C/C1=N/[C@@H]2OC3OC4O[C@H](O1)C1CC2C3C41. The Labute approximate surface area is 92.7 Å². The van der Waals surface area contributed by atoms with Gasteiger partial charge in [-0.05, 0) is 6.42 Å². The molecule has 4 heterocycles. The van der Waals surface area contributed by atoms with Gasteiger partial charge in [-0.15, -0.1) is 0 Å². The Morgan fingerprint density at radius 1 is 1.00 bits per heavy atom. The average molecular weight is 223 g/mol. The van der Waals surface area contributed by atoms with Gasteiger partial charge in [0.1, 0.15) is 0 Å². The number of rotatable bonds is 0. The minimum absolute atomic E-state index is 0.0532. The second-order valence-electron chi connectivity index (χ2n) is 5.39. The smallest absolute Gasteiger partial charge is 0.207 e. The van der Waals surface area contributed by atoms with Gasteiger partial charge in [-0.2, -0.15) is 0 Å². The van der Waals surface area contributed by atoms with Crippen LogP contribution in [0.4, 0.5) is 0 Å². The molecular formula is C11H13NO4. The summed E-state index contributed by atoms with van der Waals surface area (Å²) in [5.74, 6) is 2.61. The quantitative estimate of drug-likeness (QED) is 0.606. The predicted molar refractivity (Wildman–Crippen MR) is 51.2 cm³/mol. The fourth-order valence-corrected chi connectivity index (χ4v) is 4.21. The van der Waals surface area contributed by atoms with Crippen molar-refractivity contribution in [3.8, 4) is 0 Å². The van der Waals surface area contributed by atoms with Gasteiger partial charge in [0, 0.05) is 30.6 Å². The van der Waals surface area contributed by atoms with E-state index in [1.54, 1.807) is 0 Å². The summed E-state index contributed by atoms with van der Waals surface area (Å²) in [6.45, 7) is 1.88. The Kier molecular flexibility index (Phi) is 1.29. The van der Waals surface area contributed by atoms with E-state index in [9.17, 15) is 0 Å². The average Bonchev–Trinajstić information content (AvgIpc) is 2.87. The molecule has 86 valence electrons. The maximum absolute atomic E-state index is 5.84. The molecule has 6 unspecified atom stereocenters. The Balaban J connectivity index is 1.71. The van der Waals surface area contributed by atoms with E-state index in [1.165, 1.54) is 0 Å². The zero-order valence-electron chi connectivity index (χ0n) is 8.91. The van der Waals surface area contributed by atoms with Crippen molar-refractivity contribution >= 4 is 5.90 Å². The van der Waals surface area contributed by atoms with Crippen molar-refractivity contribution in [1.82, 2.24) is 0 Å². The van der Waals surface area contributed by atoms with Gasteiger partial charge in [0.25, 0.3) is 0 Å². The van der Waals surface area contributed by atoms with E-state index in [0.717, 1.165) is 6.42 Å². The van der Waals surface area contributed by atoms with Crippen LogP contribution in [0.5, 0.6) is 0 Å². The lowest BCUT2D eigenvalue weighted by Crippen LogP contribution is -2.30. The molecule has 0 aromatic rings. The van der Waals surface area contributed by atoms with Crippen molar-refractivity contribution < 1.29 is 18.9 Å². The molecule has 1 aliphatic carbocycles. The van der Waals surface area contributed by atoms with Gasteiger partial charge >= 0.3 is 0 Å². The first-order valence-electron chi connectivity index (χ1n) is 5.99. The Hall–Kier alpha value is -0.650. The lowest BCUT2D eigenvalue weighted by Gasteiger charge is -2.25. The Morgan fingerprint density at radius 3 is 2.69 bits per heavy atom.